The Morgan fingerprint density at radius 3 is 2.61 bits per heavy atom. The quantitative estimate of drug-likeness (QED) is 0.870. The monoisotopic (exact) mass is 310 g/mol. The molecular weight excluding hydrogens is 291 g/mol. The molecule has 0 aliphatic carbocycles. The second-order valence-electron chi connectivity index (χ2n) is 5.65. The van der Waals surface area contributed by atoms with Crippen molar-refractivity contribution in [1.82, 2.24) is 9.88 Å². The van der Waals surface area contributed by atoms with E-state index in [0.717, 1.165) is 44.8 Å². The molecule has 0 spiro atoms. The van der Waals surface area contributed by atoms with Crippen molar-refractivity contribution in [2.45, 2.75) is 6.42 Å². The first-order valence-corrected chi connectivity index (χ1v) is 7.84. The first-order valence-electron chi connectivity index (χ1n) is 7.84. The van der Waals surface area contributed by atoms with Crippen molar-refractivity contribution in [3.8, 4) is 6.07 Å². The summed E-state index contributed by atoms with van der Waals surface area (Å²) in [7, 11) is 0. The minimum Gasteiger partial charge on any atom is -0.368 e. The van der Waals surface area contributed by atoms with Gasteiger partial charge in [-0.05, 0) is 24.3 Å². The lowest BCUT2D eigenvalue weighted by molar-refractivity contribution is 0.260. The molecule has 1 fully saturated rings. The maximum atomic E-state index is 13.7. The Bertz CT molecular complexity index is 688. The zero-order valence-electron chi connectivity index (χ0n) is 13.0. The number of hydrogen-bond acceptors (Lipinski definition) is 4. The number of nitrogens with zero attached hydrogens (tertiary/aromatic N) is 4. The van der Waals surface area contributed by atoms with Crippen molar-refractivity contribution in [2.24, 2.45) is 0 Å². The van der Waals surface area contributed by atoms with E-state index >= 15 is 0 Å². The van der Waals surface area contributed by atoms with Gasteiger partial charge in [0.15, 0.2) is 0 Å². The van der Waals surface area contributed by atoms with Gasteiger partial charge in [-0.25, -0.2) is 4.39 Å². The van der Waals surface area contributed by atoms with Crippen LogP contribution in [0.3, 0.4) is 0 Å². The van der Waals surface area contributed by atoms with Crippen LogP contribution in [0.4, 0.5) is 10.1 Å². The highest BCUT2D eigenvalue weighted by Crippen LogP contribution is 2.23. The van der Waals surface area contributed by atoms with Crippen LogP contribution < -0.4 is 4.90 Å². The van der Waals surface area contributed by atoms with Crippen LogP contribution in [0.15, 0.2) is 42.6 Å². The maximum absolute atomic E-state index is 13.7. The first kappa shape index (κ1) is 15.4. The van der Waals surface area contributed by atoms with Gasteiger partial charge in [-0.2, -0.15) is 5.26 Å². The van der Waals surface area contributed by atoms with E-state index < -0.39 is 5.82 Å². The van der Waals surface area contributed by atoms with E-state index in [1.54, 1.807) is 6.07 Å². The topological polar surface area (TPSA) is 43.2 Å². The standard InChI is InChI=1S/C18H19FN4/c19-17-5-3-6-18(16(17)14-20)23-12-10-22(11-13-23)9-7-15-4-1-2-8-21-15/h1-6,8H,7,9-13H2. The lowest BCUT2D eigenvalue weighted by Crippen LogP contribution is -2.47. The van der Waals surface area contributed by atoms with Crippen molar-refractivity contribution in [3.63, 3.8) is 0 Å². The van der Waals surface area contributed by atoms with E-state index in [-0.39, 0.29) is 5.56 Å². The second-order valence-corrected chi connectivity index (χ2v) is 5.65. The highest BCUT2D eigenvalue weighted by Gasteiger charge is 2.20. The molecule has 2 heterocycles. The fraction of sp³-hybridized carbons (Fsp3) is 0.333. The molecule has 1 aliphatic heterocycles. The fourth-order valence-electron chi connectivity index (χ4n) is 2.92. The summed E-state index contributed by atoms with van der Waals surface area (Å²) < 4.78 is 13.7. The Kier molecular flexibility index (Phi) is 4.84. The van der Waals surface area contributed by atoms with Crippen LogP contribution in [-0.4, -0.2) is 42.6 Å². The third kappa shape index (κ3) is 3.66. The predicted octanol–water partition coefficient (Wildman–Crippen LogP) is 2.46. The molecule has 23 heavy (non-hydrogen) atoms. The molecule has 0 atom stereocenters. The van der Waals surface area contributed by atoms with Crippen LogP contribution in [-0.2, 0) is 6.42 Å². The smallest absolute Gasteiger partial charge is 0.143 e. The highest BCUT2D eigenvalue weighted by molar-refractivity contribution is 5.60. The molecule has 1 aromatic heterocycles. The Balaban J connectivity index is 1.57. The molecule has 1 aliphatic rings. The van der Waals surface area contributed by atoms with E-state index in [1.165, 1.54) is 6.07 Å². The molecule has 118 valence electrons. The maximum Gasteiger partial charge on any atom is 0.143 e. The van der Waals surface area contributed by atoms with E-state index in [2.05, 4.69) is 14.8 Å². The van der Waals surface area contributed by atoms with E-state index in [4.69, 9.17) is 5.26 Å². The Labute approximate surface area is 135 Å². The lowest BCUT2D eigenvalue weighted by atomic mass is 10.1. The van der Waals surface area contributed by atoms with Crippen molar-refractivity contribution < 1.29 is 4.39 Å². The summed E-state index contributed by atoms with van der Waals surface area (Å²) >= 11 is 0. The Morgan fingerprint density at radius 2 is 1.91 bits per heavy atom. The highest BCUT2D eigenvalue weighted by atomic mass is 19.1. The van der Waals surface area contributed by atoms with Crippen molar-refractivity contribution >= 4 is 5.69 Å². The molecule has 3 rings (SSSR count). The molecular formula is C18H19FN4. The fourth-order valence-corrected chi connectivity index (χ4v) is 2.92. The molecule has 0 radical (unpaired) electrons. The Morgan fingerprint density at radius 1 is 1.09 bits per heavy atom. The average Bonchev–Trinajstić information content (AvgIpc) is 2.61. The van der Waals surface area contributed by atoms with E-state index in [1.807, 2.05) is 36.5 Å². The summed E-state index contributed by atoms with van der Waals surface area (Å²) in [6, 6.07) is 12.8. The number of piperazine rings is 1. The van der Waals surface area contributed by atoms with Crippen LogP contribution in [0.25, 0.3) is 0 Å². The number of nitriles is 1. The van der Waals surface area contributed by atoms with Crippen molar-refractivity contribution in [3.05, 3.63) is 59.7 Å². The number of benzene rings is 1. The molecule has 0 bridgehead atoms. The summed E-state index contributed by atoms with van der Waals surface area (Å²) in [6.45, 7) is 4.41. The van der Waals surface area contributed by atoms with Crippen molar-refractivity contribution in [2.75, 3.05) is 37.6 Å². The first-order chi connectivity index (χ1) is 11.3. The van der Waals surface area contributed by atoms with E-state index in [0.29, 0.717) is 5.69 Å². The van der Waals surface area contributed by atoms with Gasteiger partial charge in [-0.3, -0.25) is 9.88 Å². The number of hydrogen-bond donors (Lipinski definition) is 0. The van der Waals surface area contributed by atoms with Gasteiger partial charge in [-0.15, -0.1) is 0 Å². The van der Waals surface area contributed by atoms with E-state index in [9.17, 15) is 4.39 Å². The Hall–Kier alpha value is -2.45. The molecule has 0 N–H and O–H groups in total. The van der Waals surface area contributed by atoms with Gasteiger partial charge in [0.1, 0.15) is 17.4 Å². The average molecular weight is 310 g/mol. The van der Waals surface area contributed by atoms with Crippen molar-refractivity contribution in [1.29, 1.82) is 5.26 Å². The number of halogens is 1. The number of rotatable bonds is 4. The molecule has 5 heteroatoms. The minimum absolute atomic E-state index is 0.148. The third-order valence-electron chi connectivity index (χ3n) is 4.23. The second kappa shape index (κ2) is 7.21. The van der Waals surface area contributed by atoms with Gasteiger partial charge in [0.25, 0.3) is 0 Å². The van der Waals surface area contributed by atoms with Gasteiger partial charge >= 0.3 is 0 Å². The van der Waals surface area contributed by atoms with Crippen LogP contribution in [0.1, 0.15) is 11.3 Å². The van der Waals surface area contributed by atoms with Crippen LogP contribution >= 0.6 is 0 Å². The summed E-state index contributed by atoms with van der Waals surface area (Å²) in [6.07, 6.45) is 2.75. The van der Waals surface area contributed by atoms with Gasteiger partial charge in [0, 0.05) is 51.0 Å². The van der Waals surface area contributed by atoms with Crippen LogP contribution in [0.2, 0.25) is 0 Å². The molecule has 0 unspecified atom stereocenters. The zero-order chi connectivity index (χ0) is 16.1. The number of anilines is 1. The SMILES string of the molecule is N#Cc1c(F)cccc1N1CCN(CCc2ccccn2)CC1. The molecule has 0 saturated carbocycles. The summed E-state index contributed by atoms with van der Waals surface area (Å²) in [5.41, 5.74) is 1.96. The minimum atomic E-state index is -0.442. The zero-order valence-corrected chi connectivity index (χ0v) is 13.0. The van der Waals surface area contributed by atoms with Crippen LogP contribution in [0, 0.1) is 17.1 Å². The van der Waals surface area contributed by atoms with Gasteiger partial charge in [0.2, 0.25) is 0 Å². The predicted molar refractivity (Wildman–Crippen MR) is 87.7 cm³/mol. The van der Waals surface area contributed by atoms with Crippen LogP contribution in [0.5, 0.6) is 0 Å². The normalized spacial score (nSPS) is 15.4. The molecule has 1 saturated heterocycles. The van der Waals surface area contributed by atoms with Gasteiger partial charge in [-0.1, -0.05) is 12.1 Å². The van der Waals surface area contributed by atoms with Gasteiger partial charge < -0.3 is 4.90 Å². The molecule has 2 aromatic rings. The molecule has 0 amide bonds. The lowest BCUT2D eigenvalue weighted by Gasteiger charge is -2.36. The summed E-state index contributed by atoms with van der Waals surface area (Å²) in [5.74, 6) is -0.442. The largest absolute Gasteiger partial charge is 0.368 e. The summed E-state index contributed by atoms with van der Waals surface area (Å²) in [4.78, 5) is 8.82. The number of aromatic nitrogens is 1. The van der Waals surface area contributed by atoms with Gasteiger partial charge in [0.05, 0.1) is 5.69 Å². The number of pyridine rings is 1. The molecule has 4 nitrogen and oxygen atoms in total. The third-order valence-corrected chi connectivity index (χ3v) is 4.23. The molecule has 1 aromatic carbocycles. The summed E-state index contributed by atoms with van der Waals surface area (Å²) in [5, 5.41) is 9.16.